The first-order valence-corrected chi connectivity index (χ1v) is 12.2. The predicted octanol–water partition coefficient (Wildman–Crippen LogP) is 5.84. The normalized spacial score (nSPS) is 11.6. The molecule has 0 aliphatic carbocycles. The maximum absolute atomic E-state index is 11.5. The first kappa shape index (κ1) is 23.8. The fourth-order valence-electron chi connectivity index (χ4n) is 4.89. The van der Waals surface area contributed by atoms with Crippen LogP contribution >= 0.6 is 0 Å². The number of rotatable bonds is 11. The molecule has 7 heteroatoms. The van der Waals surface area contributed by atoms with Gasteiger partial charge in [0, 0.05) is 60.9 Å². The molecule has 2 aromatic carbocycles. The minimum absolute atomic E-state index is 0.0782. The number of benzene rings is 2. The molecule has 1 amide bonds. The Balaban J connectivity index is 1.49. The number of carbonyl (C=O) groups excluding carboxylic acids is 1. The second kappa shape index (κ2) is 10.3. The number of fused-ring (bicyclic) bond motifs is 4. The Hall–Kier alpha value is -3.35. The van der Waals surface area contributed by atoms with Crippen molar-refractivity contribution in [2.24, 2.45) is 7.05 Å². The Morgan fingerprint density at radius 2 is 1.65 bits per heavy atom. The number of nitrogens with one attached hydrogen (secondary N) is 1. The van der Waals surface area contributed by atoms with Gasteiger partial charge in [-0.3, -0.25) is 9.59 Å². The standard InChI is InChI=1S/C27H33N3O4/c1-18(31)28-20-12-13-23-21(15-20)22-16-25-26(17-24(22)29(23)3)34-19(2)30(25)14-10-8-6-4-5-7-9-11-27(32)33/h12-13,15-17H,4-11,14H2,1-3H3,(H-,28,31,32,33)/p+1. The number of oxazole rings is 1. The zero-order chi connectivity index (χ0) is 24.2. The third kappa shape index (κ3) is 5.08. The molecule has 0 aliphatic heterocycles. The van der Waals surface area contributed by atoms with Crippen LogP contribution in [0.3, 0.4) is 0 Å². The van der Waals surface area contributed by atoms with E-state index in [1.165, 1.54) is 13.3 Å². The van der Waals surface area contributed by atoms with E-state index in [1.807, 2.05) is 25.1 Å². The Labute approximate surface area is 199 Å². The number of hydrogen-bond acceptors (Lipinski definition) is 3. The smallest absolute Gasteiger partial charge is 0.344 e. The molecule has 0 bridgehead atoms. The van der Waals surface area contributed by atoms with Gasteiger partial charge in [0.2, 0.25) is 11.5 Å². The van der Waals surface area contributed by atoms with E-state index in [-0.39, 0.29) is 12.3 Å². The number of nitrogens with zero attached hydrogens (tertiary/aromatic N) is 2. The summed E-state index contributed by atoms with van der Waals surface area (Å²) in [7, 11) is 2.06. The minimum Gasteiger partial charge on any atom is -0.481 e. The number of hydrogen-bond donors (Lipinski definition) is 2. The molecule has 2 heterocycles. The van der Waals surface area contributed by atoms with Crippen molar-refractivity contribution in [2.45, 2.75) is 71.8 Å². The maximum Gasteiger partial charge on any atom is 0.344 e. The lowest BCUT2D eigenvalue weighted by Crippen LogP contribution is -2.35. The van der Waals surface area contributed by atoms with Crippen molar-refractivity contribution in [2.75, 3.05) is 5.32 Å². The third-order valence-electron chi connectivity index (χ3n) is 6.61. The van der Waals surface area contributed by atoms with E-state index in [0.29, 0.717) is 0 Å². The largest absolute Gasteiger partial charge is 0.481 e. The molecule has 7 nitrogen and oxygen atoms in total. The molecule has 4 rings (SSSR count). The molecule has 34 heavy (non-hydrogen) atoms. The van der Waals surface area contributed by atoms with E-state index in [2.05, 4.69) is 33.6 Å². The van der Waals surface area contributed by atoms with Crippen LogP contribution in [0, 0.1) is 6.92 Å². The monoisotopic (exact) mass is 464 g/mol. The van der Waals surface area contributed by atoms with Crippen molar-refractivity contribution in [3.8, 4) is 0 Å². The van der Waals surface area contributed by atoms with Gasteiger partial charge in [-0.1, -0.05) is 25.7 Å². The van der Waals surface area contributed by atoms with Gasteiger partial charge in [0.25, 0.3) is 5.52 Å². The topological polar surface area (TPSA) is 88.4 Å². The van der Waals surface area contributed by atoms with Gasteiger partial charge in [-0.25, -0.2) is 0 Å². The molecule has 2 aromatic heterocycles. The van der Waals surface area contributed by atoms with Crippen LogP contribution in [0.15, 0.2) is 34.7 Å². The molecular weight excluding hydrogens is 430 g/mol. The number of carboxylic acid groups (broad SMARTS) is 1. The predicted molar refractivity (Wildman–Crippen MR) is 134 cm³/mol. The minimum atomic E-state index is -0.700. The second-order valence-corrected chi connectivity index (χ2v) is 9.20. The van der Waals surface area contributed by atoms with Crippen molar-refractivity contribution in [3.05, 3.63) is 36.2 Å². The number of unbranched alkanes of at least 4 members (excludes halogenated alkanes) is 6. The van der Waals surface area contributed by atoms with Crippen molar-refractivity contribution >= 4 is 50.5 Å². The van der Waals surface area contributed by atoms with Crippen LogP contribution in [0.4, 0.5) is 5.69 Å². The van der Waals surface area contributed by atoms with Gasteiger partial charge < -0.3 is 19.4 Å². The molecule has 0 saturated carbocycles. The highest BCUT2D eigenvalue weighted by Crippen LogP contribution is 2.33. The average molecular weight is 465 g/mol. The second-order valence-electron chi connectivity index (χ2n) is 9.20. The summed E-state index contributed by atoms with van der Waals surface area (Å²) in [6.45, 7) is 4.44. The van der Waals surface area contributed by atoms with Gasteiger partial charge in [0.1, 0.15) is 0 Å². The van der Waals surface area contributed by atoms with Crippen LogP contribution in [-0.4, -0.2) is 21.6 Å². The summed E-state index contributed by atoms with van der Waals surface area (Å²) >= 11 is 0. The number of anilines is 1. The zero-order valence-electron chi connectivity index (χ0n) is 20.3. The maximum atomic E-state index is 11.5. The summed E-state index contributed by atoms with van der Waals surface area (Å²) in [5, 5.41) is 13.8. The highest BCUT2D eigenvalue weighted by molar-refractivity contribution is 6.12. The Kier molecular flexibility index (Phi) is 7.20. The lowest BCUT2D eigenvalue weighted by atomic mass is 10.1. The number of aryl methyl sites for hydroxylation is 3. The number of carbonyl (C=O) groups is 2. The molecular formula is C27H34N3O4+. The molecule has 0 aliphatic rings. The first-order chi connectivity index (χ1) is 16.3. The summed E-state index contributed by atoms with van der Waals surface area (Å²) in [4.78, 5) is 22.1. The van der Waals surface area contributed by atoms with Gasteiger partial charge in [-0.2, -0.15) is 4.57 Å². The van der Waals surface area contributed by atoms with Crippen LogP contribution in [-0.2, 0) is 23.2 Å². The molecule has 0 spiro atoms. The summed E-state index contributed by atoms with van der Waals surface area (Å²) in [5.74, 6) is 0.126. The van der Waals surface area contributed by atoms with Gasteiger partial charge in [-0.15, -0.1) is 0 Å². The van der Waals surface area contributed by atoms with Crippen molar-refractivity contribution in [1.29, 1.82) is 0 Å². The quantitative estimate of drug-likeness (QED) is 0.216. The highest BCUT2D eigenvalue weighted by Gasteiger charge is 2.21. The summed E-state index contributed by atoms with van der Waals surface area (Å²) < 4.78 is 10.5. The number of carboxylic acids is 1. The third-order valence-corrected chi connectivity index (χ3v) is 6.61. The van der Waals surface area contributed by atoms with Gasteiger partial charge in [0.15, 0.2) is 6.54 Å². The Bertz CT molecular complexity index is 1350. The average Bonchev–Trinajstić information content (AvgIpc) is 3.23. The lowest BCUT2D eigenvalue weighted by Gasteiger charge is -2.02. The van der Waals surface area contributed by atoms with E-state index in [4.69, 9.17) is 9.52 Å². The molecule has 0 atom stereocenters. The van der Waals surface area contributed by atoms with Gasteiger partial charge in [0.05, 0.1) is 12.4 Å². The van der Waals surface area contributed by atoms with E-state index in [0.717, 1.165) is 89.6 Å². The van der Waals surface area contributed by atoms with E-state index in [1.54, 1.807) is 0 Å². The van der Waals surface area contributed by atoms with Gasteiger partial charge in [-0.05, 0) is 31.0 Å². The van der Waals surface area contributed by atoms with Crippen molar-refractivity contribution in [1.82, 2.24) is 4.57 Å². The number of amides is 1. The molecule has 0 unspecified atom stereocenters. The van der Waals surface area contributed by atoms with Crippen LogP contribution in [0.25, 0.3) is 32.9 Å². The van der Waals surface area contributed by atoms with Crippen LogP contribution in [0.2, 0.25) is 0 Å². The van der Waals surface area contributed by atoms with Crippen molar-refractivity contribution < 1.29 is 23.7 Å². The lowest BCUT2D eigenvalue weighted by molar-refractivity contribution is -0.683. The molecule has 180 valence electrons. The SMILES string of the molecule is CC(=O)Nc1ccc2c(c1)c1cc3c(cc1n2C)oc(C)[n+]3CCCCCCCCCC(=O)O. The van der Waals surface area contributed by atoms with E-state index >= 15 is 0 Å². The Morgan fingerprint density at radius 1 is 0.971 bits per heavy atom. The van der Waals surface area contributed by atoms with Gasteiger partial charge >= 0.3 is 11.9 Å². The van der Waals surface area contributed by atoms with Crippen molar-refractivity contribution in [3.63, 3.8) is 0 Å². The highest BCUT2D eigenvalue weighted by atomic mass is 16.4. The zero-order valence-corrected chi connectivity index (χ0v) is 20.3. The first-order valence-electron chi connectivity index (χ1n) is 12.2. The summed E-state index contributed by atoms with van der Waals surface area (Å²) in [5.41, 5.74) is 4.99. The summed E-state index contributed by atoms with van der Waals surface area (Å²) in [6, 6.07) is 10.3. The van der Waals surface area contributed by atoms with Crippen LogP contribution < -0.4 is 9.88 Å². The molecule has 0 radical (unpaired) electrons. The molecule has 4 aromatic rings. The van der Waals surface area contributed by atoms with Crippen LogP contribution in [0.1, 0.15) is 64.2 Å². The number of aromatic nitrogens is 2. The molecule has 2 N–H and O–H groups in total. The number of aliphatic carboxylic acids is 1. The Morgan fingerprint density at radius 3 is 2.35 bits per heavy atom. The van der Waals surface area contributed by atoms with E-state index < -0.39 is 5.97 Å². The molecule has 0 saturated heterocycles. The fourth-order valence-corrected chi connectivity index (χ4v) is 4.89. The summed E-state index contributed by atoms with van der Waals surface area (Å²) in [6.07, 6.45) is 7.71. The van der Waals surface area contributed by atoms with E-state index in [9.17, 15) is 9.59 Å². The van der Waals surface area contributed by atoms with Crippen LogP contribution in [0.5, 0.6) is 0 Å². The molecule has 0 fully saturated rings. The fraction of sp³-hybridized carbons (Fsp3) is 0.444.